The molecule has 0 aromatic heterocycles. The van der Waals surface area contributed by atoms with E-state index in [2.05, 4.69) is 28.6 Å². The third kappa shape index (κ3) is 7.96. The lowest BCUT2D eigenvalue weighted by Gasteiger charge is -2.21. The molecule has 0 spiro atoms. The van der Waals surface area contributed by atoms with E-state index in [-0.39, 0.29) is 31.0 Å². The number of benzene rings is 1. The van der Waals surface area contributed by atoms with E-state index in [1.807, 2.05) is 0 Å². The van der Waals surface area contributed by atoms with Gasteiger partial charge in [0.1, 0.15) is 17.8 Å². The van der Waals surface area contributed by atoms with Crippen molar-refractivity contribution >= 4 is 36.3 Å². The number of nitrogens with one attached hydrogen (secondary N) is 3. The van der Waals surface area contributed by atoms with Gasteiger partial charge in [0.2, 0.25) is 17.7 Å². The molecular weight excluding hydrogens is 376 g/mol. The zero-order valence-electron chi connectivity index (χ0n) is 14.3. The molecule has 0 heterocycles. The predicted octanol–water partition coefficient (Wildman–Crippen LogP) is -2.01. The summed E-state index contributed by atoms with van der Waals surface area (Å²) in [4.78, 5) is 46.6. The third-order valence-corrected chi connectivity index (χ3v) is 3.82. The van der Waals surface area contributed by atoms with Gasteiger partial charge in [-0.15, -0.1) is 0 Å². The Balaban J connectivity index is 2.85. The first-order chi connectivity index (χ1) is 12.8. The number of hydrogen-bond acceptors (Lipinski definition) is 7. The van der Waals surface area contributed by atoms with Crippen molar-refractivity contribution < 1.29 is 29.4 Å². The van der Waals surface area contributed by atoms with Crippen molar-refractivity contribution in [3.05, 3.63) is 29.8 Å². The summed E-state index contributed by atoms with van der Waals surface area (Å²) in [6.07, 6.45) is 0.0433. The fraction of sp³-hybridized carbons (Fsp3) is 0.375. The smallest absolute Gasteiger partial charge is 0.327 e. The van der Waals surface area contributed by atoms with E-state index in [1.165, 1.54) is 12.1 Å². The van der Waals surface area contributed by atoms with Gasteiger partial charge in [-0.05, 0) is 17.7 Å². The van der Waals surface area contributed by atoms with Gasteiger partial charge in [-0.2, -0.15) is 12.6 Å². The standard InChI is InChI=1S/C16H22N4O6S/c17-6-13(22)18-7-14(23)19-11(5-9-1-3-10(21)4-2-9)15(24)20-12(8-27)16(25)26/h1-4,11-12,21,27H,5-8,17H2,(H,18,22)(H,19,23)(H,20,24)(H,25,26). The Kier molecular flexibility index (Phi) is 9.09. The van der Waals surface area contributed by atoms with Gasteiger partial charge in [0.25, 0.3) is 0 Å². The molecule has 2 unspecified atom stereocenters. The molecule has 0 bridgehead atoms. The predicted molar refractivity (Wildman–Crippen MR) is 99.2 cm³/mol. The Morgan fingerprint density at radius 1 is 1.04 bits per heavy atom. The zero-order chi connectivity index (χ0) is 20.4. The number of phenolic OH excluding ortho intramolecular Hbond substituents is 1. The number of nitrogens with two attached hydrogens (primary N) is 1. The molecular formula is C16H22N4O6S. The second-order valence-electron chi connectivity index (χ2n) is 5.55. The van der Waals surface area contributed by atoms with Gasteiger partial charge in [0.05, 0.1) is 13.1 Å². The average Bonchev–Trinajstić information content (AvgIpc) is 2.64. The number of amides is 3. The van der Waals surface area contributed by atoms with Crippen LogP contribution in [0, 0.1) is 0 Å². The Morgan fingerprint density at radius 3 is 2.19 bits per heavy atom. The average molecular weight is 398 g/mol. The Morgan fingerprint density at radius 2 is 1.67 bits per heavy atom. The number of thiol groups is 1. The van der Waals surface area contributed by atoms with Crippen molar-refractivity contribution in [2.75, 3.05) is 18.8 Å². The van der Waals surface area contributed by atoms with Gasteiger partial charge in [-0.1, -0.05) is 12.1 Å². The lowest BCUT2D eigenvalue weighted by molar-refractivity contribution is -0.141. The summed E-state index contributed by atoms with van der Waals surface area (Å²) in [5.74, 6) is -3.26. The molecule has 1 aromatic carbocycles. The van der Waals surface area contributed by atoms with Crippen LogP contribution >= 0.6 is 12.6 Å². The van der Waals surface area contributed by atoms with Crippen LogP contribution in [0.25, 0.3) is 0 Å². The van der Waals surface area contributed by atoms with E-state index in [9.17, 15) is 24.3 Å². The molecule has 0 aliphatic heterocycles. The molecule has 10 nitrogen and oxygen atoms in total. The topological polar surface area (TPSA) is 171 Å². The molecule has 1 aromatic rings. The third-order valence-electron chi connectivity index (χ3n) is 3.46. The van der Waals surface area contributed by atoms with Crippen molar-refractivity contribution in [1.82, 2.24) is 16.0 Å². The minimum atomic E-state index is -1.26. The molecule has 0 radical (unpaired) electrons. The zero-order valence-corrected chi connectivity index (χ0v) is 15.2. The van der Waals surface area contributed by atoms with Crippen LogP contribution in [-0.2, 0) is 25.6 Å². The molecule has 0 saturated heterocycles. The molecule has 0 saturated carbocycles. The summed E-state index contributed by atoms with van der Waals surface area (Å²) in [5.41, 5.74) is 5.75. The van der Waals surface area contributed by atoms with E-state index in [0.717, 1.165) is 0 Å². The highest BCUT2D eigenvalue weighted by Gasteiger charge is 2.26. The normalized spacial score (nSPS) is 12.5. The van der Waals surface area contributed by atoms with E-state index < -0.39 is 35.8 Å². The molecule has 7 N–H and O–H groups in total. The first kappa shape index (κ1) is 22.3. The maximum absolute atomic E-state index is 12.4. The van der Waals surface area contributed by atoms with Crippen molar-refractivity contribution in [2.45, 2.75) is 18.5 Å². The van der Waals surface area contributed by atoms with Crippen LogP contribution in [0.5, 0.6) is 5.75 Å². The Hall–Kier alpha value is -2.79. The van der Waals surface area contributed by atoms with Crippen LogP contribution in [0.4, 0.5) is 0 Å². The van der Waals surface area contributed by atoms with Crippen LogP contribution in [0.3, 0.4) is 0 Å². The number of rotatable bonds is 10. The molecule has 0 aliphatic rings. The maximum atomic E-state index is 12.4. The number of aromatic hydroxyl groups is 1. The van der Waals surface area contributed by atoms with E-state index in [0.29, 0.717) is 5.56 Å². The van der Waals surface area contributed by atoms with Gasteiger partial charge in [-0.25, -0.2) is 4.79 Å². The molecule has 11 heteroatoms. The summed E-state index contributed by atoms with van der Waals surface area (Å²) in [6, 6.07) is 3.63. The van der Waals surface area contributed by atoms with Crippen molar-refractivity contribution in [3.63, 3.8) is 0 Å². The van der Waals surface area contributed by atoms with Crippen LogP contribution in [0.1, 0.15) is 5.56 Å². The number of carbonyl (C=O) groups is 4. The quantitative estimate of drug-likeness (QED) is 0.223. The molecule has 0 aliphatic carbocycles. The Labute approximate surface area is 160 Å². The lowest BCUT2D eigenvalue weighted by atomic mass is 10.0. The first-order valence-corrected chi connectivity index (χ1v) is 8.58. The number of phenols is 1. The summed E-state index contributed by atoms with van der Waals surface area (Å²) in [7, 11) is 0. The van der Waals surface area contributed by atoms with Gasteiger partial charge in [0, 0.05) is 12.2 Å². The minimum absolute atomic E-state index is 0.0364. The summed E-state index contributed by atoms with van der Waals surface area (Å²) in [6.45, 7) is -0.669. The first-order valence-electron chi connectivity index (χ1n) is 7.94. The van der Waals surface area contributed by atoms with Gasteiger partial charge in [-0.3, -0.25) is 14.4 Å². The second kappa shape index (κ2) is 11.0. The van der Waals surface area contributed by atoms with Crippen molar-refractivity contribution in [1.29, 1.82) is 0 Å². The van der Waals surface area contributed by atoms with E-state index in [1.54, 1.807) is 12.1 Å². The Bertz CT molecular complexity index is 682. The fourth-order valence-electron chi connectivity index (χ4n) is 2.03. The molecule has 27 heavy (non-hydrogen) atoms. The highest BCUT2D eigenvalue weighted by Crippen LogP contribution is 2.11. The highest BCUT2D eigenvalue weighted by molar-refractivity contribution is 7.80. The molecule has 0 fully saturated rings. The van der Waals surface area contributed by atoms with E-state index in [4.69, 9.17) is 10.8 Å². The van der Waals surface area contributed by atoms with Crippen LogP contribution < -0.4 is 21.7 Å². The van der Waals surface area contributed by atoms with Crippen molar-refractivity contribution in [2.24, 2.45) is 5.73 Å². The minimum Gasteiger partial charge on any atom is -0.508 e. The maximum Gasteiger partial charge on any atom is 0.327 e. The number of hydrogen-bond donors (Lipinski definition) is 7. The van der Waals surface area contributed by atoms with E-state index >= 15 is 0 Å². The summed E-state index contributed by atoms with van der Waals surface area (Å²) in [5, 5.41) is 25.4. The van der Waals surface area contributed by atoms with Crippen LogP contribution in [0.2, 0.25) is 0 Å². The number of carboxylic acids is 1. The van der Waals surface area contributed by atoms with Crippen molar-refractivity contribution in [3.8, 4) is 5.75 Å². The van der Waals surface area contributed by atoms with Crippen LogP contribution in [-0.4, -0.2) is 64.8 Å². The number of aliphatic carboxylic acids is 1. The van der Waals surface area contributed by atoms with Gasteiger partial charge in [0.15, 0.2) is 0 Å². The molecule has 1 rings (SSSR count). The molecule has 2 atom stereocenters. The fourth-order valence-corrected chi connectivity index (χ4v) is 2.28. The number of carboxylic acid groups (broad SMARTS) is 1. The number of carbonyl (C=O) groups excluding carboxylic acids is 3. The summed E-state index contributed by atoms with van der Waals surface area (Å²) >= 11 is 3.88. The molecule has 148 valence electrons. The molecule has 3 amide bonds. The lowest BCUT2D eigenvalue weighted by Crippen LogP contribution is -2.54. The largest absolute Gasteiger partial charge is 0.508 e. The SMILES string of the molecule is NCC(=O)NCC(=O)NC(Cc1ccc(O)cc1)C(=O)NC(CS)C(=O)O. The summed E-state index contributed by atoms with van der Waals surface area (Å²) < 4.78 is 0. The second-order valence-corrected chi connectivity index (χ2v) is 5.92. The van der Waals surface area contributed by atoms with Gasteiger partial charge < -0.3 is 31.9 Å². The highest BCUT2D eigenvalue weighted by atomic mass is 32.1. The van der Waals surface area contributed by atoms with Gasteiger partial charge >= 0.3 is 5.97 Å². The monoisotopic (exact) mass is 398 g/mol. The van der Waals surface area contributed by atoms with Crippen LogP contribution in [0.15, 0.2) is 24.3 Å².